The molecule has 0 heterocycles. The number of hydrogen-bond donors (Lipinski definition) is 0. The Morgan fingerprint density at radius 1 is 1.00 bits per heavy atom. The minimum atomic E-state index is 0.906. The van der Waals surface area contributed by atoms with Crippen LogP contribution < -0.4 is 0 Å². The highest BCUT2D eigenvalue weighted by Gasteiger charge is 2.07. The Balaban J connectivity index is 2.43. The summed E-state index contributed by atoms with van der Waals surface area (Å²) < 4.78 is 1.06. The lowest BCUT2D eigenvalue weighted by Gasteiger charge is -2.08. The average Bonchev–Trinajstić information content (AvgIpc) is 2.32. The molecule has 0 saturated heterocycles. The lowest BCUT2D eigenvalue weighted by molar-refractivity contribution is 1.42. The van der Waals surface area contributed by atoms with Crippen LogP contribution in [0.2, 0.25) is 0 Å². The smallest absolute Gasteiger partial charge is 0.0524 e. The SMILES string of the molecule is Cc1ccc(C(=S)c2cc(Br)ccc2C)cc1. The van der Waals surface area contributed by atoms with Crippen molar-refractivity contribution in [3.8, 4) is 0 Å². The van der Waals surface area contributed by atoms with Crippen molar-refractivity contribution in [2.45, 2.75) is 13.8 Å². The monoisotopic (exact) mass is 304 g/mol. The molecule has 0 saturated carbocycles. The predicted molar refractivity (Wildman–Crippen MR) is 80.9 cm³/mol. The molecular formula is C15H13BrS. The first kappa shape index (κ1) is 12.5. The number of halogens is 1. The van der Waals surface area contributed by atoms with E-state index in [1.54, 1.807) is 0 Å². The highest BCUT2D eigenvalue weighted by Crippen LogP contribution is 2.20. The van der Waals surface area contributed by atoms with Gasteiger partial charge in [0.05, 0.1) is 4.86 Å². The van der Waals surface area contributed by atoms with Gasteiger partial charge in [0.25, 0.3) is 0 Å². The number of thiocarbonyl (C=S) groups is 1. The fraction of sp³-hybridized carbons (Fsp3) is 0.133. The molecule has 0 aliphatic carbocycles. The molecule has 0 N–H and O–H groups in total. The fourth-order valence-electron chi connectivity index (χ4n) is 1.70. The molecular weight excluding hydrogens is 292 g/mol. The third-order valence-electron chi connectivity index (χ3n) is 2.76. The molecule has 0 bridgehead atoms. The summed E-state index contributed by atoms with van der Waals surface area (Å²) in [5.41, 5.74) is 4.69. The zero-order valence-electron chi connectivity index (χ0n) is 9.83. The summed E-state index contributed by atoms with van der Waals surface area (Å²) in [6.45, 7) is 4.17. The van der Waals surface area contributed by atoms with Gasteiger partial charge in [-0.2, -0.15) is 0 Å². The Kier molecular flexibility index (Phi) is 3.75. The third kappa shape index (κ3) is 2.82. The van der Waals surface area contributed by atoms with Gasteiger partial charge in [0.2, 0.25) is 0 Å². The minimum Gasteiger partial charge on any atom is -0.0788 e. The highest BCUT2D eigenvalue weighted by molar-refractivity contribution is 9.10. The Hall–Kier alpha value is -0.990. The zero-order chi connectivity index (χ0) is 12.4. The molecule has 0 aliphatic heterocycles. The highest BCUT2D eigenvalue weighted by atomic mass is 79.9. The average molecular weight is 305 g/mol. The van der Waals surface area contributed by atoms with E-state index in [4.69, 9.17) is 12.2 Å². The molecule has 0 aliphatic rings. The van der Waals surface area contributed by atoms with E-state index in [1.165, 1.54) is 11.1 Å². The lowest BCUT2D eigenvalue weighted by Crippen LogP contribution is -2.02. The van der Waals surface area contributed by atoms with Crippen LogP contribution >= 0.6 is 28.1 Å². The van der Waals surface area contributed by atoms with Gasteiger partial charge in [-0.15, -0.1) is 0 Å². The van der Waals surface area contributed by atoms with Gasteiger partial charge < -0.3 is 0 Å². The third-order valence-corrected chi connectivity index (χ3v) is 3.71. The number of rotatable bonds is 2. The molecule has 0 atom stereocenters. The molecule has 0 radical (unpaired) electrons. The summed E-state index contributed by atoms with van der Waals surface area (Å²) in [7, 11) is 0. The minimum absolute atomic E-state index is 0.906. The summed E-state index contributed by atoms with van der Waals surface area (Å²) in [5, 5.41) is 0. The van der Waals surface area contributed by atoms with Crippen molar-refractivity contribution < 1.29 is 0 Å². The van der Waals surface area contributed by atoms with E-state index in [2.05, 4.69) is 66.2 Å². The van der Waals surface area contributed by atoms with Crippen LogP contribution in [0.25, 0.3) is 0 Å². The summed E-state index contributed by atoms with van der Waals surface area (Å²) in [4.78, 5) is 0.906. The number of hydrogen-bond acceptors (Lipinski definition) is 1. The van der Waals surface area contributed by atoms with Crippen molar-refractivity contribution in [2.75, 3.05) is 0 Å². The first-order chi connectivity index (χ1) is 8.08. The van der Waals surface area contributed by atoms with Gasteiger partial charge in [-0.25, -0.2) is 0 Å². The van der Waals surface area contributed by atoms with Crippen molar-refractivity contribution in [3.05, 3.63) is 69.2 Å². The molecule has 17 heavy (non-hydrogen) atoms. The Labute approximate surface area is 116 Å². The van der Waals surface area contributed by atoms with Crippen LogP contribution in [0.5, 0.6) is 0 Å². The second-order valence-corrected chi connectivity index (χ2v) is 5.48. The molecule has 2 aromatic rings. The predicted octanol–water partition coefficient (Wildman–Crippen LogP) is 4.83. The van der Waals surface area contributed by atoms with E-state index in [-0.39, 0.29) is 0 Å². The number of benzene rings is 2. The van der Waals surface area contributed by atoms with Gasteiger partial charge >= 0.3 is 0 Å². The van der Waals surface area contributed by atoms with Gasteiger partial charge in [0.1, 0.15) is 0 Å². The van der Waals surface area contributed by atoms with Gasteiger partial charge in [-0.05, 0) is 42.7 Å². The fourth-order valence-corrected chi connectivity index (χ4v) is 2.42. The van der Waals surface area contributed by atoms with Crippen LogP contribution in [0.1, 0.15) is 22.3 Å². The van der Waals surface area contributed by atoms with Gasteiger partial charge in [-0.3, -0.25) is 0 Å². The molecule has 0 nitrogen and oxygen atoms in total. The van der Waals surface area contributed by atoms with E-state index in [1.807, 2.05) is 6.07 Å². The first-order valence-electron chi connectivity index (χ1n) is 5.45. The molecule has 2 heteroatoms. The standard InChI is InChI=1S/C15H13BrS/c1-10-3-6-12(7-4-10)15(17)14-9-13(16)8-5-11(14)2/h3-9H,1-2H3. The van der Waals surface area contributed by atoms with Crippen molar-refractivity contribution in [3.63, 3.8) is 0 Å². The first-order valence-corrected chi connectivity index (χ1v) is 6.65. The van der Waals surface area contributed by atoms with Crippen LogP contribution in [0.4, 0.5) is 0 Å². The largest absolute Gasteiger partial charge is 0.0788 e. The van der Waals surface area contributed by atoms with Crippen molar-refractivity contribution in [1.82, 2.24) is 0 Å². The van der Waals surface area contributed by atoms with Crippen LogP contribution in [0, 0.1) is 13.8 Å². The Morgan fingerprint density at radius 2 is 1.65 bits per heavy atom. The molecule has 0 unspecified atom stereocenters. The second kappa shape index (κ2) is 5.11. The maximum absolute atomic E-state index is 5.56. The molecule has 2 rings (SSSR count). The Morgan fingerprint density at radius 3 is 2.29 bits per heavy atom. The van der Waals surface area contributed by atoms with Crippen LogP contribution in [0.15, 0.2) is 46.9 Å². The van der Waals surface area contributed by atoms with Gasteiger partial charge in [0.15, 0.2) is 0 Å². The van der Waals surface area contributed by atoms with E-state index in [9.17, 15) is 0 Å². The zero-order valence-corrected chi connectivity index (χ0v) is 12.2. The maximum atomic E-state index is 5.56. The van der Waals surface area contributed by atoms with Crippen LogP contribution in [-0.4, -0.2) is 4.86 Å². The van der Waals surface area contributed by atoms with E-state index >= 15 is 0 Å². The second-order valence-electron chi connectivity index (χ2n) is 4.15. The molecule has 0 fully saturated rings. The Bertz CT molecular complexity index is 556. The topological polar surface area (TPSA) is 0 Å². The van der Waals surface area contributed by atoms with E-state index in [0.29, 0.717) is 0 Å². The van der Waals surface area contributed by atoms with E-state index in [0.717, 1.165) is 20.5 Å². The summed E-state index contributed by atoms with van der Waals surface area (Å²) >= 11 is 9.05. The lowest BCUT2D eigenvalue weighted by atomic mass is 10.00. The molecule has 0 aromatic heterocycles. The normalized spacial score (nSPS) is 10.3. The molecule has 0 amide bonds. The maximum Gasteiger partial charge on any atom is 0.0524 e. The molecule has 86 valence electrons. The number of aryl methyl sites for hydroxylation is 2. The van der Waals surface area contributed by atoms with E-state index < -0.39 is 0 Å². The van der Waals surface area contributed by atoms with Gasteiger partial charge in [0, 0.05) is 4.47 Å². The summed E-state index contributed by atoms with van der Waals surface area (Å²) in [6, 6.07) is 14.5. The van der Waals surface area contributed by atoms with Crippen molar-refractivity contribution >= 4 is 33.0 Å². The van der Waals surface area contributed by atoms with Crippen LogP contribution in [-0.2, 0) is 0 Å². The van der Waals surface area contributed by atoms with Gasteiger partial charge in [-0.1, -0.05) is 64.0 Å². The quantitative estimate of drug-likeness (QED) is 0.565. The van der Waals surface area contributed by atoms with Crippen LogP contribution in [0.3, 0.4) is 0 Å². The summed E-state index contributed by atoms with van der Waals surface area (Å²) in [5.74, 6) is 0. The summed E-state index contributed by atoms with van der Waals surface area (Å²) in [6.07, 6.45) is 0. The van der Waals surface area contributed by atoms with Crippen molar-refractivity contribution in [1.29, 1.82) is 0 Å². The van der Waals surface area contributed by atoms with Crippen molar-refractivity contribution in [2.24, 2.45) is 0 Å². The molecule has 0 spiro atoms. The molecule has 2 aromatic carbocycles.